The zero-order valence-corrected chi connectivity index (χ0v) is 13.8. The van der Waals surface area contributed by atoms with Crippen LogP contribution in [0.5, 0.6) is 0 Å². The third-order valence-corrected chi connectivity index (χ3v) is 6.05. The number of imidazole rings is 2. The first-order valence-electron chi connectivity index (χ1n) is 7.99. The maximum Gasteiger partial charge on any atom is 0.215 e. The monoisotopic (exact) mass is 327 g/mol. The van der Waals surface area contributed by atoms with Gasteiger partial charge in [0.15, 0.2) is 0 Å². The SMILES string of the molecule is Cn1c2c3c(ccc2n2c4ccccc4nc12)sc1ccccc13. The summed E-state index contributed by atoms with van der Waals surface area (Å²) in [5.74, 6) is 0.994. The number of para-hydroxylation sites is 2. The molecule has 6 rings (SSSR count). The summed E-state index contributed by atoms with van der Waals surface area (Å²) in [6.07, 6.45) is 0. The van der Waals surface area contributed by atoms with Crippen LogP contribution in [0.15, 0.2) is 60.7 Å². The molecular formula is C20H13N3S. The number of benzene rings is 3. The van der Waals surface area contributed by atoms with Crippen LogP contribution in [-0.2, 0) is 7.05 Å². The van der Waals surface area contributed by atoms with E-state index in [1.807, 2.05) is 17.4 Å². The first-order valence-corrected chi connectivity index (χ1v) is 8.80. The summed E-state index contributed by atoms with van der Waals surface area (Å²) >= 11 is 1.86. The van der Waals surface area contributed by atoms with Crippen LogP contribution in [0.25, 0.3) is 48.0 Å². The van der Waals surface area contributed by atoms with Gasteiger partial charge in [-0.25, -0.2) is 4.98 Å². The molecule has 24 heavy (non-hydrogen) atoms. The van der Waals surface area contributed by atoms with Gasteiger partial charge in [0.1, 0.15) is 0 Å². The summed E-state index contributed by atoms with van der Waals surface area (Å²) in [6, 6.07) is 21.5. The molecule has 0 radical (unpaired) electrons. The van der Waals surface area contributed by atoms with Crippen LogP contribution in [0, 0.1) is 0 Å². The van der Waals surface area contributed by atoms with Crippen LogP contribution in [0.3, 0.4) is 0 Å². The van der Waals surface area contributed by atoms with Gasteiger partial charge in [-0.3, -0.25) is 4.40 Å². The van der Waals surface area contributed by atoms with E-state index in [1.165, 1.54) is 31.2 Å². The molecule has 0 atom stereocenters. The van der Waals surface area contributed by atoms with Crippen LogP contribution in [0.4, 0.5) is 0 Å². The standard InChI is InChI=1S/C20H13N3S/c1-22-19-15(23-14-8-4-3-7-13(14)21-20(22)23)10-11-17-18(19)12-6-2-5-9-16(12)24-17/h2-11H,1H3. The third-order valence-electron chi connectivity index (χ3n) is 4.91. The molecule has 0 spiro atoms. The molecule has 0 fully saturated rings. The number of rotatable bonds is 0. The van der Waals surface area contributed by atoms with Crippen LogP contribution in [-0.4, -0.2) is 14.0 Å². The van der Waals surface area contributed by atoms with Gasteiger partial charge in [0.2, 0.25) is 5.78 Å². The molecular weight excluding hydrogens is 314 g/mol. The van der Waals surface area contributed by atoms with Gasteiger partial charge in [0.05, 0.1) is 22.1 Å². The molecule has 0 bridgehead atoms. The van der Waals surface area contributed by atoms with Gasteiger partial charge in [-0.05, 0) is 30.3 Å². The summed E-state index contributed by atoms with van der Waals surface area (Å²) < 4.78 is 7.17. The zero-order valence-electron chi connectivity index (χ0n) is 13.0. The minimum atomic E-state index is 0.994. The molecule has 0 aliphatic carbocycles. The normalized spacial score (nSPS) is 12.4. The molecule has 3 aromatic carbocycles. The van der Waals surface area contributed by atoms with E-state index in [4.69, 9.17) is 4.98 Å². The van der Waals surface area contributed by atoms with Gasteiger partial charge in [-0.1, -0.05) is 30.3 Å². The predicted molar refractivity (Wildman–Crippen MR) is 102 cm³/mol. The Morgan fingerprint density at radius 2 is 1.67 bits per heavy atom. The van der Waals surface area contributed by atoms with Crippen molar-refractivity contribution in [3.8, 4) is 0 Å². The van der Waals surface area contributed by atoms with Crippen molar-refractivity contribution in [1.82, 2.24) is 14.0 Å². The quantitative estimate of drug-likeness (QED) is 0.369. The Kier molecular flexibility index (Phi) is 2.18. The van der Waals surface area contributed by atoms with E-state index in [2.05, 4.69) is 70.6 Å². The lowest BCUT2D eigenvalue weighted by Crippen LogP contribution is -1.88. The second kappa shape index (κ2) is 4.16. The maximum atomic E-state index is 4.85. The van der Waals surface area contributed by atoms with Gasteiger partial charge in [0.25, 0.3) is 0 Å². The Hall–Kier alpha value is -2.85. The van der Waals surface area contributed by atoms with Crippen molar-refractivity contribution in [3.05, 3.63) is 60.7 Å². The van der Waals surface area contributed by atoms with E-state index in [-0.39, 0.29) is 0 Å². The van der Waals surface area contributed by atoms with Gasteiger partial charge >= 0.3 is 0 Å². The molecule has 0 N–H and O–H groups in total. The summed E-state index contributed by atoms with van der Waals surface area (Å²) in [7, 11) is 2.12. The first-order chi connectivity index (χ1) is 11.8. The van der Waals surface area contributed by atoms with Crippen molar-refractivity contribution < 1.29 is 0 Å². The fourth-order valence-corrected chi connectivity index (χ4v) is 4.99. The topological polar surface area (TPSA) is 22.2 Å². The van der Waals surface area contributed by atoms with Crippen LogP contribution < -0.4 is 0 Å². The van der Waals surface area contributed by atoms with E-state index in [1.54, 1.807) is 0 Å². The highest BCUT2D eigenvalue weighted by molar-refractivity contribution is 7.26. The van der Waals surface area contributed by atoms with E-state index < -0.39 is 0 Å². The second-order valence-electron chi connectivity index (χ2n) is 6.20. The lowest BCUT2D eigenvalue weighted by molar-refractivity contribution is 0.977. The fraction of sp³-hybridized carbons (Fsp3) is 0.0500. The van der Waals surface area contributed by atoms with E-state index in [0.717, 1.165) is 16.8 Å². The van der Waals surface area contributed by atoms with Gasteiger partial charge in [-0.15, -0.1) is 11.3 Å². The van der Waals surface area contributed by atoms with E-state index in [0.29, 0.717) is 0 Å². The van der Waals surface area contributed by atoms with E-state index in [9.17, 15) is 0 Å². The van der Waals surface area contributed by atoms with E-state index >= 15 is 0 Å². The number of aryl methyl sites for hydroxylation is 1. The highest BCUT2D eigenvalue weighted by atomic mass is 32.1. The largest absolute Gasteiger partial charge is 0.312 e. The molecule has 0 saturated carbocycles. The number of hydrogen-bond donors (Lipinski definition) is 0. The molecule has 3 aromatic heterocycles. The zero-order chi connectivity index (χ0) is 15.8. The van der Waals surface area contributed by atoms with Crippen LogP contribution >= 0.6 is 11.3 Å². The van der Waals surface area contributed by atoms with Crippen molar-refractivity contribution in [1.29, 1.82) is 0 Å². The Bertz CT molecular complexity index is 1410. The van der Waals surface area contributed by atoms with Crippen LogP contribution in [0.1, 0.15) is 0 Å². The summed E-state index contributed by atoms with van der Waals surface area (Å²) in [6.45, 7) is 0. The lowest BCUT2D eigenvalue weighted by Gasteiger charge is -1.99. The summed E-state index contributed by atoms with van der Waals surface area (Å²) in [5.41, 5.74) is 4.69. The average Bonchev–Trinajstić information content (AvgIpc) is 3.25. The second-order valence-corrected chi connectivity index (χ2v) is 7.28. The molecule has 3 nitrogen and oxygen atoms in total. The Morgan fingerprint density at radius 1 is 0.833 bits per heavy atom. The number of nitrogens with zero attached hydrogens (tertiary/aromatic N) is 3. The molecule has 0 aliphatic heterocycles. The number of hydrogen-bond acceptors (Lipinski definition) is 2. The third kappa shape index (κ3) is 1.36. The number of fused-ring (bicyclic) bond motifs is 9. The molecule has 0 aliphatic rings. The van der Waals surface area contributed by atoms with Gasteiger partial charge in [0, 0.05) is 27.2 Å². The Morgan fingerprint density at radius 3 is 2.62 bits per heavy atom. The average molecular weight is 327 g/mol. The van der Waals surface area contributed by atoms with Crippen molar-refractivity contribution in [2.45, 2.75) is 0 Å². The Balaban J connectivity index is 1.97. The van der Waals surface area contributed by atoms with Crippen molar-refractivity contribution >= 4 is 59.4 Å². The molecule has 0 saturated heterocycles. The van der Waals surface area contributed by atoms with Crippen molar-refractivity contribution in [2.24, 2.45) is 7.05 Å². The van der Waals surface area contributed by atoms with Gasteiger partial charge < -0.3 is 4.57 Å². The lowest BCUT2D eigenvalue weighted by atomic mass is 10.1. The smallest absolute Gasteiger partial charge is 0.215 e. The maximum absolute atomic E-state index is 4.85. The molecule has 4 heteroatoms. The number of thiophene rings is 1. The molecule has 6 aromatic rings. The molecule has 0 amide bonds. The fourth-order valence-electron chi connectivity index (χ4n) is 3.88. The minimum Gasteiger partial charge on any atom is -0.312 e. The summed E-state index contributed by atoms with van der Waals surface area (Å²) in [4.78, 5) is 4.85. The molecule has 114 valence electrons. The molecule has 3 heterocycles. The number of aromatic nitrogens is 3. The van der Waals surface area contributed by atoms with Crippen molar-refractivity contribution in [2.75, 3.05) is 0 Å². The molecule has 0 unspecified atom stereocenters. The van der Waals surface area contributed by atoms with Gasteiger partial charge in [-0.2, -0.15) is 0 Å². The first kappa shape index (κ1) is 12.6. The van der Waals surface area contributed by atoms with Crippen molar-refractivity contribution in [3.63, 3.8) is 0 Å². The predicted octanol–water partition coefficient (Wildman–Crippen LogP) is 5.35. The minimum absolute atomic E-state index is 0.994. The summed E-state index contributed by atoms with van der Waals surface area (Å²) in [5, 5.41) is 2.67. The highest BCUT2D eigenvalue weighted by Crippen LogP contribution is 2.39. The highest BCUT2D eigenvalue weighted by Gasteiger charge is 2.17. The Labute approximate surface area is 141 Å². The van der Waals surface area contributed by atoms with Crippen LogP contribution in [0.2, 0.25) is 0 Å².